The monoisotopic (exact) mass is 514 g/mol. The Morgan fingerprint density at radius 3 is 2.57 bits per heavy atom. The number of benzene rings is 2. The Kier molecular flexibility index (Phi) is 6.36. The molecule has 192 valence electrons. The molecule has 0 radical (unpaired) electrons. The fraction of sp³-hybridized carbons (Fsp3) is 0.452. The van der Waals surface area contributed by atoms with E-state index in [1.807, 2.05) is 41.0 Å². The smallest absolute Gasteiger partial charge is 0.258 e. The van der Waals surface area contributed by atoms with E-state index in [1.54, 1.807) is 0 Å². The van der Waals surface area contributed by atoms with Gasteiger partial charge in [0.25, 0.3) is 5.56 Å². The lowest BCUT2D eigenvalue weighted by molar-refractivity contribution is -0.0710. The molecule has 0 N–H and O–H groups in total. The Bertz CT molecular complexity index is 1390. The molecule has 37 heavy (non-hydrogen) atoms. The Morgan fingerprint density at radius 1 is 1.08 bits per heavy atom. The highest BCUT2D eigenvalue weighted by molar-refractivity contribution is 7.99. The van der Waals surface area contributed by atoms with E-state index in [-0.39, 0.29) is 34.2 Å². The SMILES string of the molecule is CC1(C)C[C@H](n2c(SCC(=O)c3ccccc3)nc3c(c2=O)C2(CCCC2)Cc2ccccc2-3)CCO1. The minimum atomic E-state index is -0.308. The topological polar surface area (TPSA) is 61.2 Å². The summed E-state index contributed by atoms with van der Waals surface area (Å²) in [7, 11) is 0. The lowest BCUT2D eigenvalue weighted by atomic mass is 9.68. The molecule has 1 aromatic heterocycles. The maximum Gasteiger partial charge on any atom is 0.258 e. The van der Waals surface area contributed by atoms with Crippen LogP contribution in [-0.2, 0) is 16.6 Å². The second-order valence-electron chi connectivity index (χ2n) is 11.4. The number of carbonyl (C=O) groups is 1. The maximum atomic E-state index is 14.6. The first-order valence-electron chi connectivity index (χ1n) is 13.5. The first-order valence-corrected chi connectivity index (χ1v) is 14.5. The van der Waals surface area contributed by atoms with Crippen LogP contribution in [0.15, 0.2) is 64.5 Å². The van der Waals surface area contributed by atoms with Crippen molar-refractivity contribution in [3.63, 3.8) is 0 Å². The molecule has 5 nitrogen and oxygen atoms in total. The molecule has 1 aliphatic heterocycles. The molecule has 1 saturated carbocycles. The molecule has 1 atom stereocenters. The van der Waals surface area contributed by atoms with Crippen LogP contribution < -0.4 is 5.56 Å². The van der Waals surface area contributed by atoms with E-state index in [4.69, 9.17) is 9.72 Å². The summed E-state index contributed by atoms with van der Waals surface area (Å²) in [6.07, 6.45) is 6.78. The van der Waals surface area contributed by atoms with Crippen LogP contribution in [-0.4, -0.2) is 33.3 Å². The van der Waals surface area contributed by atoms with Gasteiger partial charge in [0.1, 0.15) is 0 Å². The molecule has 3 aromatic rings. The third-order valence-electron chi connectivity index (χ3n) is 8.44. The zero-order valence-electron chi connectivity index (χ0n) is 21.7. The molecular weight excluding hydrogens is 480 g/mol. The predicted molar refractivity (Wildman–Crippen MR) is 148 cm³/mol. The van der Waals surface area contributed by atoms with Crippen LogP contribution in [0.1, 0.15) is 79.9 Å². The summed E-state index contributed by atoms with van der Waals surface area (Å²) >= 11 is 1.40. The molecule has 2 fully saturated rings. The number of ketones is 1. The van der Waals surface area contributed by atoms with Gasteiger partial charge in [-0.15, -0.1) is 0 Å². The lowest BCUT2D eigenvalue weighted by Gasteiger charge is -2.40. The number of Topliss-reactive ketones (excluding diaryl/α,β-unsaturated/α-hetero) is 1. The van der Waals surface area contributed by atoms with Gasteiger partial charge in [-0.25, -0.2) is 4.98 Å². The largest absolute Gasteiger partial charge is 0.375 e. The van der Waals surface area contributed by atoms with E-state index < -0.39 is 0 Å². The average molecular weight is 515 g/mol. The number of ether oxygens (including phenoxy) is 1. The average Bonchev–Trinajstić information content (AvgIpc) is 3.35. The molecule has 3 aliphatic rings. The van der Waals surface area contributed by atoms with Gasteiger partial charge in [0.2, 0.25) is 0 Å². The second kappa shape index (κ2) is 9.55. The molecule has 0 amide bonds. The Morgan fingerprint density at radius 2 is 1.81 bits per heavy atom. The number of carbonyl (C=O) groups excluding carboxylic acids is 1. The number of thioether (sulfide) groups is 1. The summed E-state index contributed by atoms with van der Waals surface area (Å²) in [5.74, 6) is 0.290. The van der Waals surface area contributed by atoms with E-state index in [2.05, 4.69) is 32.0 Å². The van der Waals surface area contributed by atoms with E-state index in [1.165, 1.54) is 17.3 Å². The first kappa shape index (κ1) is 24.6. The van der Waals surface area contributed by atoms with Crippen molar-refractivity contribution in [2.45, 2.75) is 81.0 Å². The first-order chi connectivity index (χ1) is 17.9. The standard InChI is InChI=1S/C31H34N2O3S/c1-30(2)19-23(14-17-36-30)33-28(35)26-27(32-29(33)37-20-25(34)21-10-4-3-5-11-21)24-13-7-6-12-22(24)18-31(26)15-8-9-16-31/h3-7,10-13,23H,8-9,14-20H2,1-2H3/t23-/m1/s1. The van der Waals surface area contributed by atoms with Gasteiger partial charge in [-0.2, -0.15) is 0 Å². The fourth-order valence-corrected chi connectivity index (χ4v) is 7.66. The molecule has 6 rings (SSSR count). The van der Waals surface area contributed by atoms with Crippen molar-refractivity contribution in [2.75, 3.05) is 12.4 Å². The van der Waals surface area contributed by atoms with Gasteiger partial charge in [-0.05, 0) is 51.5 Å². The quantitative estimate of drug-likeness (QED) is 0.225. The lowest BCUT2D eigenvalue weighted by Crippen LogP contribution is -2.44. The summed E-state index contributed by atoms with van der Waals surface area (Å²) in [6, 6.07) is 17.8. The number of aromatic nitrogens is 2. The van der Waals surface area contributed by atoms with Gasteiger partial charge in [-0.1, -0.05) is 79.2 Å². The van der Waals surface area contributed by atoms with Crippen molar-refractivity contribution >= 4 is 17.5 Å². The number of fused-ring (bicyclic) bond motifs is 4. The Balaban J connectivity index is 1.50. The van der Waals surface area contributed by atoms with Crippen molar-refractivity contribution in [1.29, 1.82) is 0 Å². The van der Waals surface area contributed by atoms with Gasteiger partial charge in [0.15, 0.2) is 10.9 Å². The van der Waals surface area contributed by atoms with Crippen LogP contribution in [0.5, 0.6) is 0 Å². The molecule has 1 spiro atoms. The highest BCUT2D eigenvalue weighted by atomic mass is 32.2. The fourth-order valence-electron chi connectivity index (χ4n) is 6.71. The molecule has 2 aromatic carbocycles. The maximum absolute atomic E-state index is 14.6. The minimum absolute atomic E-state index is 0.000925. The zero-order valence-corrected chi connectivity index (χ0v) is 22.5. The second-order valence-corrected chi connectivity index (χ2v) is 12.4. The number of hydrogen-bond donors (Lipinski definition) is 0. The van der Waals surface area contributed by atoms with Crippen molar-refractivity contribution < 1.29 is 9.53 Å². The summed E-state index contributed by atoms with van der Waals surface area (Å²) in [5, 5.41) is 0.653. The van der Waals surface area contributed by atoms with Crippen LogP contribution in [0.3, 0.4) is 0 Å². The molecule has 1 saturated heterocycles. The number of nitrogens with zero attached hydrogens (tertiary/aromatic N) is 2. The minimum Gasteiger partial charge on any atom is -0.375 e. The molecule has 2 aliphatic carbocycles. The zero-order chi connectivity index (χ0) is 25.6. The predicted octanol–water partition coefficient (Wildman–Crippen LogP) is 6.38. The van der Waals surface area contributed by atoms with Crippen LogP contribution in [0, 0.1) is 0 Å². The van der Waals surface area contributed by atoms with E-state index >= 15 is 0 Å². The highest BCUT2D eigenvalue weighted by Crippen LogP contribution is 2.50. The Labute approximate surface area is 222 Å². The van der Waals surface area contributed by atoms with Crippen LogP contribution in [0.25, 0.3) is 11.3 Å². The van der Waals surface area contributed by atoms with Crippen molar-refractivity contribution in [3.05, 3.63) is 81.6 Å². The summed E-state index contributed by atoms with van der Waals surface area (Å²) in [6.45, 7) is 4.80. The van der Waals surface area contributed by atoms with Crippen LogP contribution >= 0.6 is 11.8 Å². The highest BCUT2D eigenvalue weighted by Gasteiger charge is 2.45. The van der Waals surface area contributed by atoms with E-state index in [0.29, 0.717) is 17.3 Å². The van der Waals surface area contributed by atoms with Crippen molar-refractivity contribution in [3.8, 4) is 11.3 Å². The molecule has 2 heterocycles. The van der Waals surface area contributed by atoms with Crippen molar-refractivity contribution in [2.24, 2.45) is 0 Å². The van der Waals surface area contributed by atoms with E-state index in [9.17, 15) is 9.59 Å². The molecule has 6 heteroatoms. The number of rotatable bonds is 5. The normalized spacial score (nSPS) is 21.4. The van der Waals surface area contributed by atoms with Gasteiger partial charge in [0.05, 0.1) is 22.6 Å². The van der Waals surface area contributed by atoms with Crippen LogP contribution in [0.4, 0.5) is 0 Å². The van der Waals surface area contributed by atoms with Crippen LogP contribution in [0.2, 0.25) is 0 Å². The van der Waals surface area contributed by atoms with Gasteiger partial charge in [-0.3, -0.25) is 14.2 Å². The van der Waals surface area contributed by atoms with Gasteiger partial charge in [0, 0.05) is 29.2 Å². The molecule has 0 unspecified atom stereocenters. The summed E-state index contributed by atoms with van der Waals surface area (Å²) < 4.78 is 7.95. The van der Waals surface area contributed by atoms with Gasteiger partial charge < -0.3 is 4.74 Å². The number of hydrogen-bond acceptors (Lipinski definition) is 5. The Hall–Kier alpha value is -2.70. The van der Waals surface area contributed by atoms with Gasteiger partial charge >= 0.3 is 0 Å². The third-order valence-corrected chi connectivity index (χ3v) is 9.39. The third kappa shape index (κ3) is 4.48. The molecular formula is C31H34N2O3S. The summed E-state index contributed by atoms with van der Waals surface area (Å²) in [5.41, 5.74) is 4.44. The molecule has 0 bridgehead atoms. The van der Waals surface area contributed by atoms with E-state index in [0.717, 1.165) is 61.8 Å². The van der Waals surface area contributed by atoms with Crippen molar-refractivity contribution in [1.82, 2.24) is 9.55 Å². The summed E-state index contributed by atoms with van der Waals surface area (Å²) in [4.78, 5) is 32.9.